The molecule has 0 heterocycles. The lowest BCUT2D eigenvalue weighted by Crippen LogP contribution is -2.14. The number of hydrogen-bond donors (Lipinski definition) is 4. The highest BCUT2D eigenvalue weighted by Gasteiger charge is 2.07. The monoisotopic (exact) mass is 249 g/mol. The number of carboxylic acid groups (broad SMARTS) is 1. The molecule has 0 aromatic carbocycles. The molecule has 0 saturated heterocycles. The Hall–Kier alpha value is -1.87. The predicted octanol–water partition coefficient (Wildman–Crippen LogP) is -0.594. The van der Waals surface area contributed by atoms with E-state index < -0.39 is 19.3 Å². The minimum Gasteiger partial charge on any atom is -0.516 e. The molecular formula is C8H16BNO7. The molecule has 8 nitrogen and oxygen atoms in total. The average molecular weight is 249 g/mol. The molecule has 0 bridgehead atoms. The van der Waals surface area contributed by atoms with E-state index in [4.69, 9.17) is 25.4 Å². The molecule has 0 atom stereocenters. The molecule has 0 aromatic heterocycles. The molecule has 0 fully saturated rings. The molecule has 0 radical (unpaired) electrons. The van der Waals surface area contributed by atoms with Crippen molar-refractivity contribution in [2.45, 2.75) is 13.8 Å². The van der Waals surface area contributed by atoms with Crippen LogP contribution in [0.2, 0.25) is 0 Å². The van der Waals surface area contributed by atoms with Gasteiger partial charge in [-0.15, -0.1) is 0 Å². The largest absolute Gasteiger partial charge is 0.707 e. The van der Waals surface area contributed by atoms with Crippen LogP contribution in [-0.2, 0) is 19.0 Å². The van der Waals surface area contributed by atoms with Gasteiger partial charge in [0.25, 0.3) is 5.97 Å². The summed E-state index contributed by atoms with van der Waals surface area (Å²) in [4.78, 5) is 18.7. The molecular weight excluding hydrogens is 233 g/mol. The van der Waals surface area contributed by atoms with E-state index in [0.717, 1.165) is 6.92 Å². The average Bonchev–Trinajstić information content (AvgIpc) is 2.14. The fourth-order valence-electron chi connectivity index (χ4n) is 0.239. The molecule has 0 aliphatic carbocycles. The Labute approximate surface area is 99.2 Å². The number of hydrogen-bond acceptors (Lipinski definition) is 7. The van der Waals surface area contributed by atoms with Crippen LogP contribution in [-0.4, -0.2) is 47.7 Å². The van der Waals surface area contributed by atoms with Crippen LogP contribution in [0.4, 0.5) is 0 Å². The molecule has 0 spiro atoms. The molecule has 98 valence electrons. The Bertz CT molecular complexity index is 250. The van der Waals surface area contributed by atoms with Crippen molar-refractivity contribution in [1.29, 1.82) is 5.41 Å². The Morgan fingerprint density at radius 3 is 1.71 bits per heavy atom. The highest BCUT2D eigenvalue weighted by molar-refractivity contribution is 6.33. The van der Waals surface area contributed by atoms with Crippen LogP contribution in [0.25, 0.3) is 0 Å². The van der Waals surface area contributed by atoms with E-state index in [2.05, 4.69) is 16.0 Å². The van der Waals surface area contributed by atoms with Gasteiger partial charge in [0.15, 0.2) is 0 Å². The molecule has 9 heteroatoms. The number of allylic oxidation sites excluding steroid dienone is 1. The number of nitrogens with one attached hydrogen (secondary N) is 1. The van der Waals surface area contributed by atoms with E-state index in [-0.39, 0.29) is 5.76 Å². The van der Waals surface area contributed by atoms with Crippen molar-refractivity contribution in [3.8, 4) is 0 Å². The molecule has 0 saturated carbocycles. The zero-order chi connectivity index (χ0) is 14.4. The smallest absolute Gasteiger partial charge is 0.516 e. The first kappa shape index (κ1) is 20.5. The number of carbonyl (C=O) groups is 2. The minimum atomic E-state index is -1.72. The van der Waals surface area contributed by atoms with Crippen molar-refractivity contribution in [2.24, 2.45) is 0 Å². The molecule has 17 heavy (non-hydrogen) atoms. The molecule has 0 aromatic rings. The van der Waals surface area contributed by atoms with Crippen molar-refractivity contribution in [1.82, 2.24) is 0 Å². The maximum absolute atomic E-state index is 9.72. The van der Waals surface area contributed by atoms with Crippen molar-refractivity contribution in [2.75, 3.05) is 7.11 Å². The summed E-state index contributed by atoms with van der Waals surface area (Å²) in [6.45, 7) is 5.86. The van der Waals surface area contributed by atoms with E-state index in [1.54, 1.807) is 0 Å². The van der Waals surface area contributed by atoms with Crippen LogP contribution in [0.5, 0.6) is 0 Å². The highest BCUT2D eigenvalue weighted by atomic mass is 16.6. The summed E-state index contributed by atoms with van der Waals surface area (Å²) in [6, 6.07) is 0. The van der Waals surface area contributed by atoms with Crippen LogP contribution in [0, 0.1) is 5.41 Å². The number of methoxy groups -OCH3 is 1. The first-order chi connectivity index (χ1) is 7.67. The van der Waals surface area contributed by atoms with Gasteiger partial charge >= 0.3 is 13.3 Å². The van der Waals surface area contributed by atoms with Gasteiger partial charge in [-0.1, -0.05) is 6.58 Å². The van der Waals surface area contributed by atoms with E-state index in [0.29, 0.717) is 6.21 Å². The summed E-state index contributed by atoms with van der Waals surface area (Å²) in [5, 5.41) is 29.6. The maximum Gasteiger partial charge on any atom is 0.707 e. The van der Waals surface area contributed by atoms with E-state index in [1.807, 2.05) is 0 Å². The lowest BCUT2D eigenvalue weighted by Gasteiger charge is -1.99. The zero-order valence-electron chi connectivity index (χ0n) is 9.84. The van der Waals surface area contributed by atoms with Crippen LogP contribution in [0.3, 0.4) is 0 Å². The third kappa shape index (κ3) is 55.3. The van der Waals surface area contributed by atoms with Crippen LogP contribution >= 0.6 is 0 Å². The lowest BCUT2D eigenvalue weighted by atomic mass is 10.2. The Morgan fingerprint density at radius 2 is 1.71 bits per heavy atom. The van der Waals surface area contributed by atoms with Gasteiger partial charge in [0.05, 0.1) is 12.9 Å². The second kappa shape index (κ2) is 14.1. The summed E-state index contributed by atoms with van der Waals surface area (Å²) in [6.07, 6.45) is 0.611. The standard InChI is InChI=1S/C3H7BO3.C3H5NO2.C2H4O2/c1-3(2)7-4(5)6;1-6-3(5)2-4;1-2(3)4/h5-6H,1H2,2H3;2,4H,1H3;1H3,(H,3,4). The van der Waals surface area contributed by atoms with E-state index in [1.165, 1.54) is 14.0 Å². The molecule has 0 unspecified atom stereocenters. The number of ether oxygens (including phenoxy) is 1. The third-order valence-electron chi connectivity index (χ3n) is 0.626. The number of esters is 1. The van der Waals surface area contributed by atoms with Crippen molar-refractivity contribution >= 4 is 25.5 Å². The molecule has 0 aliphatic heterocycles. The quantitative estimate of drug-likeness (QED) is 0.227. The van der Waals surface area contributed by atoms with Gasteiger partial charge in [-0.25, -0.2) is 4.79 Å². The second-order valence-corrected chi connectivity index (χ2v) is 2.33. The van der Waals surface area contributed by atoms with Gasteiger partial charge in [-0.05, 0) is 6.92 Å². The van der Waals surface area contributed by atoms with Gasteiger partial charge in [-0.2, -0.15) is 0 Å². The van der Waals surface area contributed by atoms with Crippen molar-refractivity contribution in [3.63, 3.8) is 0 Å². The van der Waals surface area contributed by atoms with Gasteiger partial charge in [0, 0.05) is 6.92 Å². The van der Waals surface area contributed by atoms with Crippen LogP contribution in [0.1, 0.15) is 13.8 Å². The summed E-state index contributed by atoms with van der Waals surface area (Å²) < 4.78 is 8.18. The van der Waals surface area contributed by atoms with Gasteiger partial charge in [0.2, 0.25) is 0 Å². The van der Waals surface area contributed by atoms with Crippen molar-refractivity contribution < 1.29 is 34.1 Å². The number of aliphatic carboxylic acids is 1. The van der Waals surface area contributed by atoms with Gasteiger partial charge in [0.1, 0.15) is 6.21 Å². The number of carbonyl (C=O) groups excluding carboxylic acids is 1. The summed E-state index contributed by atoms with van der Waals surface area (Å²) in [5.74, 6) is -1.16. The van der Waals surface area contributed by atoms with E-state index >= 15 is 0 Å². The SMILES string of the molecule is C=C(C)OB(O)O.CC(=O)O.COC(=O)C=N. The lowest BCUT2D eigenvalue weighted by molar-refractivity contribution is -0.134. The van der Waals surface area contributed by atoms with Gasteiger partial charge in [-0.3, -0.25) is 4.79 Å². The molecule has 0 aliphatic rings. The first-order valence-corrected chi connectivity index (χ1v) is 4.13. The zero-order valence-corrected chi connectivity index (χ0v) is 9.84. The second-order valence-electron chi connectivity index (χ2n) is 2.33. The van der Waals surface area contributed by atoms with Crippen LogP contribution in [0.15, 0.2) is 12.3 Å². The number of carboxylic acids is 1. The third-order valence-corrected chi connectivity index (χ3v) is 0.626. The fraction of sp³-hybridized carbons (Fsp3) is 0.375. The minimum absolute atomic E-state index is 0.287. The van der Waals surface area contributed by atoms with Crippen molar-refractivity contribution in [3.05, 3.63) is 12.3 Å². The summed E-state index contributed by atoms with van der Waals surface area (Å²) in [7, 11) is -0.495. The van der Waals surface area contributed by atoms with E-state index in [9.17, 15) is 4.79 Å². The first-order valence-electron chi connectivity index (χ1n) is 4.13. The summed E-state index contributed by atoms with van der Waals surface area (Å²) >= 11 is 0. The molecule has 4 N–H and O–H groups in total. The number of rotatable bonds is 3. The Balaban J connectivity index is -0.000000180. The maximum atomic E-state index is 9.72. The van der Waals surface area contributed by atoms with Crippen LogP contribution < -0.4 is 0 Å². The fourth-order valence-corrected chi connectivity index (χ4v) is 0.239. The Morgan fingerprint density at radius 1 is 1.35 bits per heavy atom. The molecule has 0 rings (SSSR count). The summed E-state index contributed by atoms with van der Waals surface area (Å²) in [5.41, 5.74) is 0. The Kier molecular flexibility index (Phi) is 17.1. The molecule has 0 amide bonds. The van der Waals surface area contributed by atoms with Gasteiger partial charge < -0.3 is 30.0 Å². The predicted molar refractivity (Wildman–Crippen MR) is 60.2 cm³/mol. The topological polar surface area (TPSA) is 137 Å². The highest BCUT2D eigenvalue weighted by Crippen LogP contribution is 1.87. The normalized spacial score (nSPS) is 7.12.